The summed E-state index contributed by atoms with van der Waals surface area (Å²) in [5.74, 6) is 2.03. The molecule has 164 valence electrons. The van der Waals surface area contributed by atoms with Crippen LogP contribution in [0.4, 0.5) is 0 Å². The van der Waals surface area contributed by atoms with Crippen molar-refractivity contribution in [2.75, 3.05) is 26.9 Å². The van der Waals surface area contributed by atoms with Gasteiger partial charge in [-0.1, -0.05) is 29.8 Å². The molecular weight excluding hydrogens is 428 g/mol. The molecule has 0 unspecified atom stereocenters. The molecule has 3 aromatic carbocycles. The van der Waals surface area contributed by atoms with Gasteiger partial charge >= 0.3 is 0 Å². The molecule has 0 aliphatic heterocycles. The Bertz CT molecular complexity index is 1260. The second kappa shape index (κ2) is 10.3. The van der Waals surface area contributed by atoms with Gasteiger partial charge in [-0.3, -0.25) is 9.36 Å². The number of ether oxygens (including phenoxy) is 3. The molecular formula is C25H23ClN2O4. The number of para-hydroxylation sites is 1. The number of aromatic nitrogens is 2. The van der Waals surface area contributed by atoms with E-state index in [2.05, 4.69) is 0 Å². The van der Waals surface area contributed by atoms with Crippen LogP contribution in [0, 0.1) is 0 Å². The molecule has 0 saturated carbocycles. The second-order valence-corrected chi connectivity index (χ2v) is 7.49. The molecule has 1 heterocycles. The number of halogens is 1. The zero-order valence-electron chi connectivity index (χ0n) is 17.7. The van der Waals surface area contributed by atoms with Gasteiger partial charge in [0.25, 0.3) is 5.56 Å². The summed E-state index contributed by atoms with van der Waals surface area (Å²) in [6.07, 6.45) is 0. The summed E-state index contributed by atoms with van der Waals surface area (Å²) in [6.45, 7) is 1.49. The molecule has 0 saturated heterocycles. The molecule has 6 nitrogen and oxygen atoms in total. The zero-order valence-corrected chi connectivity index (χ0v) is 18.4. The summed E-state index contributed by atoms with van der Waals surface area (Å²) in [5.41, 5.74) is 1.40. The van der Waals surface area contributed by atoms with Gasteiger partial charge in [0.2, 0.25) is 0 Å². The van der Waals surface area contributed by atoms with Gasteiger partial charge in [0.05, 0.1) is 37.8 Å². The van der Waals surface area contributed by atoms with E-state index in [0.29, 0.717) is 53.9 Å². The first-order valence-corrected chi connectivity index (χ1v) is 10.6. The number of nitrogens with zero attached hydrogens (tertiary/aromatic N) is 2. The Labute approximate surface area is 191 Å². The van der Waals surface area contributed by atoms with Crippen molar-refractivity contribution in [1.82, 2.24) is 9.55 Å². The van der Waals surface area contributed by atoms with E-state index < -0.39 is 0 Å². The molecule has 1 aromatic heterocycles. The smallest absolute Gasteiger partial charge is 0.261 e. The minimum Gasteiger partial charge on any atom is -0.497 e. The maximum Gasteiger partial charge on any atom is 0.261 e. The van der Waals surface area contributed by atoms with Crippen molar-refractivity contribution in [3.05, 3.63) is 88.2 Å². The van der Waals surface area contributed by atoms with E-state index in [0.717, 1.165) is 11.3 Å². The average Bonchev–Trinajstić information content (AvgIpc) is 2.82. The Morgan fingerprint density at radius 3 is 2.50 bits per heavy atom. The van der Waals surface area contributed by atoms with E-state index in [1.807, 2.05) is 54.6 Å². The monoisotopic (exact) mass is 450 g/mol. The van der Waals surface area contributed by atoms with Gasteiger partial charge in [-0.2, -0.15) is 0 Å². The molecule has 0 radical (unpaired) electrons. The Morgan fingerprint density at radius 2 is 1.72 bits per heavy atom. The molecule has 32 heavy (non-hydrogen) atoms. The standard InChI is InChI=1S/C25H23ClN2O4/c1-30-20-11-9-18(10-12-20)24-27-23-8-3-2-7-22(23)25(29)28(24)13-14-31-15-16-32-21-6-4-5-19(26)17-21/h2-12,17H,13-16H2,1H3. The van der Waals surface area contributed by atoms with Crippen molar-refractivity contribution >= 4 is 22.5 Å². The number of fused-ring (bicyclic) bond motifs is 1. The quantitative estimate of drug-likeness (QED) is 0.342. The molecule has 7 heteroatoms. The van der Waals surface area contributed by atoms with Gasteiger partial charge in [0.1, 0.15) is 23.9 Å². The number of hydrogen-bond acceptors (Lipinski definition) is 5. The van der Waals surface area contributed by atoms with E-state index in [1.54, 1.807) is 29.9 Å². The fraction of sp³-hybridized carbons (Fsp3) is 0.200. The SMILES string of the molecule is COc1ccc(-c2nc3ccccc3c(=O)n2CCOCCOc2cccc(Cl)c2)cc1. The van der Waals surface area contributed by atoms with Gasteiger partial charge in [-0.25, -0.2) is 4.98 Å². The fourth-order valence-corrected chi connectivity index (χ4v) is 3.55. The van der Waals surface area contributed by atoms with Gasteiger partial charge in [-0.05, 0) is 54.6 Å². The minimum absolute atomic E-state index is 0.0970. The lowest BCUT2D eigenvalue weighted by molar-refractivity contribution is 0.0941. The lowest BCUT2D eigenvalue weighted by Gasteiger charge is -2.14. The Kier molecular flexibility index (Phi) is 7.04. The Balaban J connectivity index is 1.48. The molecule has 4 rings (SSSR count). The fourth-order valence-electron chi connectivity index (χ4n) is 3.37. The normalized spacial score (nSPS) is 10.9. The first-order chi connectivity index (χ1) is 15.7. The van der Waals surface area contributed by atoms with E-state index in [-0.39, 0.29) is 5.56 Å². The highest BCUT2D eigenvalue weighted by Crippen LogP contribution is 2.22. The van der Waals surface area contributed by atoms with Crippen LogP contribution in [-0.2, 0) is 11.3 Å². The summed E-state index contributed by atoms with van der Waals surface area (Å²) < 4.78 is 18.2. The van der Waals surface area contributed by atoms with E-state index >= 15 is 0 Å². The second-order valence-electron chi connectivity index (χ2n) is 7.06. The molecule has 0 N–H and O–H groups in total. The van der Waals surface area contributed by atoms with Crippen molar-refractivity contribution in [2.24, 2.45) is 0 Å². The van der Waals surface area contributed by atoms with Crippen LogP contribution in [-0.4, -0.2) is 36.5 Å². The first-order valence-electron chi connectivity index (χ1n) is 10.3. The van der Waals surface area contributed by atoms with Gasteiger partial charge < -0.3 is 14.2 Å². The Hall–Kier alpha value is -3.35. The lowest BCUT2D eigenvalue weighted by atomic mass is 10.1. The van der Waals surface area contributed by atoms with E-state index in [1.165, 1.54) is 0 Å². The third-order valence-corrected chi connectivity index (χ3v) is 5.20. The summed E-state index contributed by atoms with van der Waals surface area (Å²) in [5, 5.41) is 1.20. The first kappa shape index (κ1) is 21.9. The number of hydrogen-bond donors (Lipinski definition) is 0. The van der Waals surface area contributed by atoms with E-state index in [9.17, 15) is 4.79 Å². The topological polar surface area (TPSA) is 62.6 Å². The summed E-state index contributed by atoms with van der Waals surface area (Å²) >= 11 is 5.96. The van der Waals surface area contributed by atoms with Gasteiger partial charge in [-0.15, -0.1) is 0 Å². The molecule has 0 atom stereocenters. The van der Waals surface area contributed by atoms with Crippen molar-refractivity contribution in [2.45, 2.75) is 6.54 Å². The van der Waals surface area contributed by atoms with Crippen molar-refractivity contribution < 1.29 is 14.2 Å². The van der Waals surface area contributed by atoms with Crippen LogP contribution in [0.15, 0.2) is 77.6 Å². The van der Waals surface area contributed by atoms with Crippen LogP contribution in [0.1, 0.15) is 0 Å². The van der Waals surface area contributed by atoms with Crippen LogP contribution in [0.5, 0.6) is 11.5 Å². The summed E-state index contributed by atoms with van der Waals surface area (Å²) in [4.78, 5) is 17.9. The highest BCUT2D eigenvalue weighted by atomic mass is 35.5. The molecule has 0 aliphatic carbocycles. The van der Waals surface area contributed by atoms with Crippen LogP contribution in [0.25, 0.3) is 22.3 Å². The Morgan fingerprint density at radius 1 is 0.906 bits per heavy atom. The predicted molar refractivity (Wildman–Crippen MR) is 126 cm³/mol. The molecule has 0 fully saturated rings. The highest BCUT2D eigenvalue weighted by Gasteiger charge is 2.13. The average molecular weight is 451 g/mol. The molecule has 0 bridgehead atoms. The van der Waals surface area contributed by atoms with Crippen molar-refractivity contribution in [1.29, 1.82) is 0 Å². The summed E-state index contributed by atoms with van der Waals surface area (Å²) in [6, 6.07) is 22.1. The maximum absolute atomic E-state index is 13.2. The minimum atomic E-state index is -0.0970. The van der Waals surface area contributed by atoms with Crippen LogP contribution in [0.2, 0.25) is 5.02 Å². The third kappa shape index (κ3) is 5.10. The predicted octanol–water partition coefficient (Wildman–Crippen LogP) is 4.82. The highest BCUT2D eigenvalue weighted by molar-refractivity contribution is 6.30. The zero-order chi connectivity index (χ0) is 22.3. The van der Waals surface area contributed by atoms with Gasteiger partial charge in [0, 0.05) is 10.6 Å². The van der Waals surface area contributed by atoms with Crippen LogP contribution in [0.3, 0.4) is 0 Å². The number of methoxy groups -OCH3 is 1. The maximum atomic E-state index is 13.2. The van der Waals surface area contributed by atoms with Gasteiger partial charge in [0.15, 0.2) is 0 Å². The third-order valence-electron chi connectivity index (χ3n) is 4.96. The van der Waals surface area contributed by atoms with Crippen LogP contribution < -0.4 is 15.0 Å². The molecule has 4 aromatic rings. The van der Waals surface area contributed by atoms with Crippen molar-refractivity contribution in [3.8, 4) is 22.9 Å². The molecule has 0 aliphatic rings. The lowest BCUT2D eigenvalue weighted by Crippen LogP contribution is -2.26. The van der Waals surface area contributed by atoms with E-state index in [4.69, 9.17) is 30.8 Å². The summed E-state index contributed by atoms with van der Waals surface area (Å²) in [7, 11) is 1.62. The number of rotatable bonds is 9. The van der Waals surface area contributed by atoms with Crippen molar-refractivity contribution in [3.63, 3.8) is 0 Å². The van der Waals surface area contributed by atoms with Crippen LogP contribution >= 0.6 is 11.6 Å². The molecule has 0 spiro atoms. The molecule has 0 amide bonds. The number of benzene rings is 3. The largest absolute Gasteiger partial charge is 0.497 e.